The Balaban J connectivity index is 1.62. The Labute approximate surface area is 221 Å². The first-order valence-electron chi connectivity index (χ1n) is 12.0. The molecule has 5 rings (SSSR count). The molecular weight excluding hydrogens is 540 g/mol. The number of aliphatic hydroxyl groups is 1. The maximum Gasteiger partial charge on any atom is 0.299 e. The van der Waals surface area contributed by atoms with Crippen LogP contribution >= 0.6 is 11.3 Å². The van der Waals surface area contributed by atoms with Gasteiger partial charge in [-0.15, -0.1) is 14.9 Å². The second kappa shape index (κ2) is 9.60. The summed E-state index contributed by atoms with van der Waals surface area (Å²) in [6, 6.07) is 3.00. The Morgan fingerprint density at radius 3 is 2.53 bits per heavy atom. The highest BCUT2D eigenvalue weighted by Crippen LogP contribution is 2.42. The molecule has 0 bridgehead atoms. The molecule has 0 spiro atoms. The number of nitrogens with one attached hydrogen (secondary N) is 1. The highest BCUT2D eigenvalue weighted by atomic mass is 32.2. The van der Waals surface area contributed by atoms with Gasteiger partial charge in [0.25, 0.3) is 18.0 Å². The summed E-state index contributed by atoms with van der Waals surface area (Å²) in [6.45, 7) is 9.55. The standard InChI is InChI=1S/C23H25F2N7O4S2/c1-12(33)22(34)32-8-4-13(5-9-32)15-10-14(38(35,36)30-23(26-2)6-7-23)11-16-17(29-31(3)18(15)16)20-27-28-21(37-20)19(24)25/h10-13,19,30,33H,4-9H2,1,3H3/t12-/m0/s1. The van der Waals surface area contributed by atoms with Crippen LogP contribution in [-0.4, -0.2) is 69.2 Å². The molecule has 3 aromatic rings. The van der Waals surface area contributed by atoms with E-state index in [1.54, 1.807) is 22.7 Å². The third kappa shape index (κ3) is 4.77. The number of hydrogen-bond donors (Lipinski definition) is 2. The van der Waals surface area contributed by atoms with Crippen molar-refractivity contribution in [1.82, 2.24) is 29.6 Å². The van der Waals surface area contributed by atoms with Crippen LogP contribution in [0.1, 0.15) is 55.5 Å². The van der Waals surface area contributed by atoms with Crippen LogP contribution in [0, 0.1) is 6.57 Å². The maximum atomic E-state index is 13.4. The molecule has 202 valence electrons. The molecule has 0 unspecified atom stereocenters. The summed E-state index contributed by atoms with van der Waals surface area (Å²) in [5.74, 6) is -0.507. The molecule has 1 saturated carbocycles. The summed E-state index contributed by atoms with van der Waals surface area (Å²) in [5.41, 5.74) is 0.390. The topological polar surface area (TPSA) is 135 Å². The molecule has 1 saturated heterocycles. The number of likely N-dealkylation sites (tertiary alicyclic amines) is 1. The van der Waals surface area contributed by atoms with E-state index in [1.807, 2.05) is 0 Å². The van der Waals surface area contributed by atoms with Crippen molar-refractivity contribution in [2.45, 2.75) is 61.6 Å². The van der Waals surface area contributed by atoms with Crippen LogP contribution in [-0.2, 0) is 21.9 Å². The fourth-order valence-corrected chi connectivity index (χ4v) is 6.93. The third-order valence-corrected chi connectivity index (χ3v) is 9.39. The molecule has 1 amide bonds. The van der Waals surface area contributed by atoms with Gasteiger partial charge in [-0.3, -0.25) is 14.3 Å². The number of amides is 1. The average Bonchev–Trinajstić information content (AvgIpc) is 3.31. The minimum absolute atomic E-state index is 0.0646. The molecule has 38 heavy (non-hydrogen) atoms. The minimum Gasteiger partial charge on any atom is -0.384 e. The highest BCUT2D eigenvalue weighted by molar-refractivity contribution is 7.89. The van der Waals surface area contributed by atoms with Crippen molar-refractivity contribution >= 4 is 38.2 Å². The van der Waals surface area contributed by atoms with E-state index in [1.165, 1.54) is 13.0 Å². The number of sulfonamides is 1. The fraction of sp³-hybridized carbons (Fsp3) is 0.522. The number of carbonyl (C=O) groups is 1. The number of aryl methyl sites for hydroxylation is 1. The molecule has 2 fully saturated rings. The predicted octanol–water partition coefficient (Wildman–Crippen LogP) is 2.80. The van der Waals surface area contributed by atoms with Gasteiger partial charge in [-0.1, -0.05) is 11.3 Å². The van der Waals surface area contributed by atoms with Gasteiger partial charge in [0.1, 0.15) is 11.8 Å². The van der Waals surface area contributed by atoms with E-state index < -0.39 is 33.2 Å². The van der Waals surface area contributed by atoms with Gasteiger partial charge >= 0.3 is 0 Å². The van der Waals surface area contributed by atoms with Crippen molar-refractivity contribution in [1.29, 1.82) is 0 Å². The summed E-state index contributed by atoms with van der Waals surface area (Å²) in [5, 5.41) is 21.7. The lowest BCUT2D eigenvalue weighted by molar-refractivity contribution is -0.140. The van der Waals surface area contributed by atoms with Crippen LogP contribution < -0.4 is 4.72 Å². The summed E-state index contributed by atoms with van der Waals surface area (Å²) < 4.78 is 57.3. The predicted molar refractivity (Wildman–Crippen MR) is 134 cm³/mol. The zero-order valence-corrected chi connectivity index (χ0v) is 22.2. The first-order valence-corrected chi connectivity index (χ1v) is 14.3. The van der Waals surface area contributed by atoms with Gasteiger partial charge in [-0.05, 0) is 43.4 Å². The number of halogens is 2. The van der Waals surface area contributed by atoms with Gasteiger partial charge in [-0.2, -0.15) is 5.10 Å². The molecule has 2 N–H and O–H groups in total. The SMILES string of the molecule is [C-]#[N+]C1(NS(=O)(=O)c2cc(C3CCN(C(=O)[C@H](C)O)CC3)c3c(c2)c(-c2nnc(C(F)F)s2)nn3C)CC1. The molecule has 11 nitrogen and oxygen atoms in total. The second-order valence-electron chi connectivity index (χ2n) is 9.65. The third-order valence-electron chi connectivity index (χ3n) is 6.95. The van der Waals surface area contributed by atoms with E-state index in [4.69, 9.17) is 6.57 Å². The summed E-state index contributed by atoms with van der Waals surface area (Å²) >= 11 is 0.686. The molecule has 2 aliphatic rings. The van der Waals surface area contributed by atoms with E-state index in [9.17, 15) is 27.1 Å². The van der Waals surface area contributed by atoms with Crippen molar-refractivity contribution in [3.8, 4) is 10.7 Å². The number of fused-ring (bicyclic) bond motifs is 1. The summed E-state index contributed by atoms with van der Waals surface area (Å²) in [6.07, 6.45) is -2.04. The average molecular weight is 566 g/mol. The molecule has 1 aliphatic carbocycles. The maximum absolute atomic E-state index is 13.4. The number of benzene rings is 1. The molecule has 1 atom stereocenters. The normalized spacial score (nSPS) is 18.6. The van der Waals surface area contributed by atoms with Crippen LogP contribution in [0.2, 0.25) is 0 Å². The van der Waals surface area contributed by atoms with Gasteiger partial charge < -0.3 is 10.0 Å². The van der Waals surface area contributed by atoms with Gasteiger partial charge in [0.2, 0.25) is 10.0 Å². The number of aromatic nitrogens is 4. The van der Waals surface area contributed by atoms with E-state index in [2.05, 4.69) is 24.9 Å². The van der Waals surface area contributed by atoms with Gasteiger partial charge in [-0.25, -0.2) is 23.8 Å². The lowest BCUT2D eigenvalue weighted by Gasteiger charge is -2.33. The Morgan fingerprint density at radius 2 is 1.97 bits per heavy atom. The molecule has 0 radical (unpaired) electrons. The van der Waals surface area contributed by atoms with Crippen molar-refractivity contribution in [3.63, 3.8) is 0 Å². The highest BCUT2D eigenvalue weighted by Gasteiger charge is 2.54. The van der Waals surface area contributed by atoms with Crippen LogP contribution in [0.25, 0.3) is 26.4 Å². The number of alkyl halides is 2. The van der Waals surface area contributed by atoms with E-state index in [0.29, 0.717) is 66.6 Å². The van der Waals surface area contributed by atoms with Gasteiger partial charge in [0, 0.05) is 25.5 Å². The molecule has 15 heteroatoms. The largest absolute Gasteiger partial charge is 0.384 e. The Morgan fingerprint density at radius 1 is 1.29 bits per heavy atom. The van der Waals surface area contributed by atoms with Crippen molar-refractivity contribution < 1.29 is 27.1 Å². The zero-order valence-electron chi connectivity index (χ0n) is 20.6. The number of rotatable bonds is 7. The lowest BCUT2D eigenvalue weighted by atomic mass is 9.87. The Hall–Kier alpha value is -3.06. The fourth-order valence-electron chi connectivity index (χ4n) is 4.81. The summed E-state index contributed by atoms with van der Waals surface area (Å²) in [4.78, 5) is 17.2. The first kappa shape index (κ1) is 26.5. The van der Waals surface area contributed by atoms with Crippen molar-refractivity contribution in [2.75, 3.05) is 13.1 Å². The molecule has 2 aromatic heterocycles. The Bertz CT molecular complexity index is 1550. The number of piperidine rings is 1. The number of aliphatic hydroxyl groups excluding tert-OH is 1. The van der Waals surface area contributed by atoms with Crippen molar-refractivity contribution in [3.05, 3.63) is 34.1 Å². The van der Waals surface area contributed by atoms with E-state index in [-0.39, 0.29) is 27.4 Å². The van der Waals surface area contributed by atoms with Gasteiger partial charge in [0.15, 0.2) is 10.0 Å². The van der Waals surface area contributed by atoms with Crippen molar-refractivity contribution in [2.24, 2.45) is 7.05 Å². The lowest BCUT2D eigenvalue weighted by Crippen LogP contribution is -2.42. The Kier molecular flexibility index (Phi) is 6.70. The molecule has 1 aromatic carbocycles. The van der Waals surface area contributed by atoms with Gasteiger partial charge in [0.05, 0.1) is 23.3 Å². The minimum atomic E-state index is -4.10. The number of carbonyl (C=O) groups excluding carboxylic acids is 1. The quantitative estimate of drug-likeness (QED) is 0.421. The molecular formula is C23H25F2N7O4S2. The summed E-state index contributed by atoms with van der Waals surface area (Å²) in [7, 11) is -2.42. The van der Waals surface area contributed by atoms with E-state index in [0.717, 1.165) is 0 Å². The molecule has 3 heterocycles. The second-order valence-corrected chi connectivity index (χ2v) is 12.3. The van der Waals surface area contributed by atoms with Crippen LogP contribution in [0.5, 0.6) is 0 Å². The zero-order chi connectivity index (χ0) is 27.4. The monoisotopic (exact) mass is 565 g/mol. The first-order chi connectivity index (χ1) is 17.9. The number of hydrogen-bond acceptors (Lipinski definition) is 8. The van der Waals surface area contributed by atoms with Crippen LogP contribution in [0.4, 0.5) is 8.78 Å². The van der Waals surface area contributed by atoms with Crippen LogP contribution in [0.15, 0.2) is 17.0 Å². The molecule has 1 aliphatic heterocycles. The smallest absolute Gasteiger partial charge is 0.299 e. The van der Waals surface area contributed by atoms with E-state index >= 15 is 0 Å². The van der Waals surface area contributed by atoms with Crippen LogP contribution in [0.3, 0.4) is 0 Å². The number of nitrogens with zero attached hydrogens (tertiary/aromatic N) is 6.